The largest absolute Gasteiger partial charge is 0.434 e. The minimum absolute atomic E-state index is 0.0455. The first-order valence-corrected chi connectivity index (χ1v) is 6.39. The maximum Gasteiger partial charge on any atom is 0.434 e. The van der Waals surface area contributed by atoms with Crippen LogP contribution in [0, 0.1) is 0 Å². The second-order valence-corrected chi connectivity index (χ2v) is 5.03. The first-order valence-electron chi connectivity index (χ1n) is 6.39. The Bertz CT molecular complexity index is 696. The summed E-state index contributed by atoms with van der Waals surface area (Å²) in [4.78, 5) is 15.4. The van der Waals surface area contributed by atoms with Gasteiger partial charge in [-0.15, -0.1) is 0 Å². The van der Waals surface area contributed by atoms with E-state index in [4.69, 9.17) is 0 Å². The fourth-order valence-corrected chi connectivity index (χ4v) is 2.16. The van der Waals surface area contributed by atoms with Gasteiger partial charge in [-0.3, -0.25) is 4.79 Å². The average Bonchev–Trinajstić information content (AvgIpc) is 2.85. The minimum atomic E-state index is -4.52. The molecule has 1 aliphatic rings. The summed E-state index contributed by atoms with van der Waals surface area (Å²) in [5.41, 5.74) is -0.750. The monoisotopic (exact) mass is 299 g/mol. The Morgan fingerprint density at radius 2 is 2.19 bits per heavy atom. The van der Waals surface area contributed by atoms with Crippen molar-refractivity contribution in [2.24, 2.45) is 0 Å². The van der Waals surface area contributed by atoms with E-state index in [2.05, 4.69) is 10.3 Å². The average molecular weight is 299 g/mol. The first kappa shape index (κ1) is 13.9. The molecule has 2 N–H and O–H groups in total. The molecular weight excluding hydrogens is 287 g/mol. The van der Waals surface area contributed by atoms with Gasteiger partial charge < -0.3 is 14.8 Å². The summed E-state index contributed by atoms with van der Waals surface area (Å²) in [6.45, 7) is 0. The van der Waals surface area contributed by atoms with Crippen LogP contribution in [0.4, 0.5) is 13.2 Å². The second kappa shape index (κ2) is 4.73. The van der Waals surface area contributed by atoms with Gasteiger partial charge in [-0.2, -0.15) is 13.2 Å². The Labute approximate surface area is 117 Å². The van der Waals surface area contributed by atoms with E-state index in [0.29, 0.717) is 12.8 Å². The van der Waals surface area contributed by atoms with Crippen molar-refractivity contribution < 1.29 is 23.1 Å². The third-order valence-electron chi connectivity index (χ3n) is 3.57. The number of nitrogens with one attached hydrogen (secondary N) is 1. The summed E-state index contributed by atoms with van der Waals surface area (Å²) in [5.74, 6) is -0.433. The molecule has 2 aromatic heterocycles. The Morgan fingerprint density at radius 1 is 1.43 bits per heavy atom. The lowest BCUT2D eigenvalue weighted by atomic mass is 9.89. The number of amides is 1. The van der Waals surface area contributed by atoms with Crippen LogP contribution in [0.25, 0.3) is 5.65 Å². The Balaban J connectivity index is 1.85. The molecule has 0 radical (unpaired) electrons. The van der Waals surface area contributed by atoms with Crippen LogP contribution in [0.3, 0.4) is 0 Å². The number of hydrogen-bond donors (Lipinski definition) is 2. The molecule has 2 aromatic rings. The van der Waals surface area contributed by atoms with E-state index in [0.717, 1.165) is 6.20 Å². The molecule has 3 rings (SSSR count). The fourth-order valence-electron chi connectivity index (χ4n) is 2.16. The summed E-state index contributed by atoms with van der Waals surface area (Å²) < 4.78 is 38.9. The van der Waals surface area contributed by atoms with Crippen LogP contribution in [-0.2, 0) is 6.18 Å². The number of imidazole rings is 1. The molecule has 1 fully saturated rings. The van der Waals surface area contributed by atoms with Crippen LogP contribution < -0.4 is 5.32 Å². The predicted octanol–water partition coefficient (Wildman–Crippen LogP) is 1.61. The Morgan fingerprint density at radius 3 is 2.76 bits per heavy atom. The highest BCUT2D eigenvalue weighted by atomic mass is 19.4. The molecule has 1 aliphatic carbocycles. The quantitative estimate of drug-likeness (QED) is 0.885. The number of carbonyl (C=O) groups is 1. The number of aromatic nitrogens is 2. The second-order valence-electron chi connectivity index (χ2n) is 5.03. The SMILES string of the molecule is O=C(N[C@@H]1CC[C@H]1O)c1ccn2cc(C(F)(F)F)nc2c1. The number of carbonyl (C=O) groups excluding carboxylic acids is 1. The van der Waals surface area contributed by atoms with Crippen LogP contribution >= 0.6 is 0 Å². The van der Waals surface area contributed by atoms with Crippen molar-refractivity contribution >= 4 is 11.6 Å². The molecule has 0 unspecified atom stereocenters. The van der Waals surface area contributed by atoms with Gasteiger partial charge in [-0.05, 0) is 25.0 Å². The van der Waals surface area contributed by atoms with E-state index in [1.54, 1.807) is 0 Å². The summed E-state index contributed by atoms with van der Waals surface area (Å²) >= 11 is 0. The molecule has 1 saturated carbocycles. The van der Waals surface area contributed by atoms with Crippen LogP contribution in [0.1, 0.15) is 28.9 Å². The summed E-state index contributed by atoms with van der Waals surface area (Å²) in [7, 11) is 0. The van der Waals surface area contributed by atoms with Gasteiger partial charge in [0.05, 0.1) is 12.1 Å². The van der Waals surface area contributed by atoms with Crippen molar-refractivity contribution in [1.82, 2.24) is 14.7 Å². The molecule has 5 nitrogen and oxygen atoms in total. The topological polar surface area (TPSA) is 66.6 Å². The van der Waals surface area contributed by atoms with Crippen molar-refractivity contribution in [1.29, 1.82) is 0 Å². The van der Waals surface area contributed by atoms with Crippen molar-refractivity contribution in [2.75, 3.05) is 0 Å². The number of rotatable bonds is 2. The minimum Gasteiger partial charge on any atom is -0.391 e. The van der Waals surface area contributed by atoms with Crippen molar-refractivity contribution in [3.8, 4) is 0 Å². The lowest BCUT2D eigenvalue weighted by Gasteiger charge is -2.32. The van der Waals surface area contributed by atoms with Gasteiger partial charge in [-0.25, -0.2) is 4.98 Å². The van der Waals surface area contributed by atoms with Gasteiger partial charge >= 0.3 is 6.18 Å². The first-order chi connectivity index (χ1) is 9.84. The molecule has 21 heavy (non-hydrogen) atoms. The molecule has 0 bridgehead atoms. The normalized spacial score (nSPS) is 22.1. The van der Waals surface area contributed by atoms with Crippen molar-refractivity contribution in [3.63, 3.8) is 0 Å². The third kappa shape index (κ3) is 2.58. The standard InChI is InChI=1S/C13H12F3N3O2/c14-13(15,16)10-6-19-4-3-7(5-11(19)18-10)12(21)17-8-1-2-9(8)20/h3-6,8-9,20H,1-2H2,(H,17,21)/t8-,9-/m1/s1. The molecule has 2 atom stereocenters. The molecule has 112 valence electrons. The van der Waals surface area contributed by atoms with Crippen LogP contribution in [-0.4, -0.2) is 32.5 Å². The van der Waals surface area contributed by atoms with Gasteiger partial charge in [0.2, 0.25) is 0 Å². The lowest BCUT2D eigenvalue weighted by Crippen LogP contribution is -2.50. The lowest BCUT2D eigenvalue weighted by molar-refractivity contribution is -0.140. The molecule has 0 aliphatic heterocycles. The number of alkyl halides is 3. The van der Waals surface area contributed by atoms with Crippen LogP contribution in [0.15, 0.2) is 24.5 Å². The number of aliphatic hydroxyl groups is 1. The van der Waals surface area contributed by atoms with Gasteiger partial charge in [0, 0.05) is 18.0 Å². The molecule has 1 amide bonds. The predicted molar refractivity (Wildman–Crippen MR) is 66.7 cm³/mol. The fraction of sp³-hybridized carbons (Fsp3) is 0.385. The highest BCUT2D eigenvalue weighted by Crippen LogP contribution is 2.28. The van der Waals surface area contributed by atoms with Crippen molar-refractivity contribution in [2.45, 2.75) is 31.2 Å². The van der Waals surface area contributed by atoms with E-state index in [9.17, 15) is 23.1 Å². The summed E-state index contributed by atoms with van der Waals surface area (Å²) in [6, 6.07) is 2.41. The van der Waals surface area contributed by atoms with E-state index >= 15 is 0 Å². The molecule has 0 spiro atoms. The van der Waals surface area contributed by atoms with Crippen molar-refractivity contribution in [3.05, 3.63) is 35.8 Å². The van der Waals surface area contributed by atoms with E-state index in [1.807, 2.05) is 0 Å². The molecule has 0 saturated heterocycles. The highest BCUT2D eigenvalue weighted by molar-refractivity contribution is 5.95. The number of halogens is 3. The highest BCUT2D eigenvalue weighted by Gasteiger charge is 2.34. The Hall–Kier alpha value is -2.09. The van der Waals surface area contributed by atoms with Crippen LogP contribution in [0.5, 0.6) is 0 Å². The number of nitrogens with zero attached hydrogens (tertiary/aromatic N) is 2. The van der Waals surface area contributed by atoms with Gasteiger partial charge in [0.1, 0.15) is 5.65 Å². The van der Waals surface area contributed by atoms with E-state index in [-0.39, 0.29) is 17.3 Å². The molecule has 0 aromatic carbocycles. The number of aliphatic hydroxyl groups excluding tert-OH is 1. The van der Waals surface area contributed by atoms with E-state index in [1.165, 1.54) is 22.7 Å². The molecular formula is C13H12F3N3O2. The summed E-state index contributed by atoms with van der Waals surface area (Å²) in [5, 5.41) is 12.0. The number of pyridine rings is 1. The zero-order valence-electron chi connectivity index (χ0n) is 10.8. The zero-order chi connectivity index (χ0) is 15.2. The van der Waals surface area contributed by atoms with E-state index < -0.39 is 23.9 Å². The number of hydrogen-bond acceptors (Lipinski definition) is 3. The van der Waals surface area contributed by atoms with Gasteiger partial charge in [0.25, 0.3) is 5.91 Å². The zero-order valence-corrected chi connectivity index (χ0v) is 10.8. The number of fused-ring (bicyclic) bond motifs is 1. The molecule has 2 heterocycles. The maximum atomic E-state index is 12.6. The van der Waals surface area contributed by atoms with Gasteiger partial charge in [0.15, 0.2) is 5.69 Å². The maximum absolute atomic E-state index is 12.6. The smallest absolute Gasteiger partial charge is 0.391 e. The molecule has 8 heteroatoms. The third-order valence-corrected chi connectivity index (χ3v) is 3.57. The Kier molecular flexibility index (Phi) is 3.12. The van der Waals surface area contributed by atoms with Crippen LogP contribution in [0.2, 0.25) is 0 Å². The van der Waals surface area contributed by atoms with Gasteiger partial charge in [-0.1, -0.05) is 0 Å². The summed E-state index contributed by atoms with van der Waals surface area (Å²) in [6.07, 6.45) is -1.53.